The van der Waals surface area contributed by atoms with E-state index in [1.54, 1.807) is 6.07 Å². The summed E-state index contributed by atoms with van der Waals surface area (Å²) in [6.45, 7) is 0. The van der Waals surface area contributed by atoms with E-state index in [9.17, 15) is 26.4 Å². The Kier molecular flexibility index (Phi) is 5.74. The fraction of sp³-hybridized carbons (Fsp3) is 0.188. The lowest BCUT2D eigenvalue weighted by Crippen LogP contribution is -2.18. The number of nitrogens with one attached hydrogen (secondary N) is 1. The van der Waals surface area contributed by atoms with Crippen molar-refractivity contribution < 1.29 is 26.4 Å². The fourth-order valence-corrected chi connectivity index (χ4v) is 3.84. The summed E-state index contributed by atoms with van der Waals surface area (Å²) >= 11 is 5.83. The Morgan fingerprint density at radius 3 is 2.40 bits per heavy atom. The maximum absolute atomic E-state index is 12.6. The number of carbonyl (C=O) groups excluding carboxylic acids is 1. The SMILES string of the molecule is O=C(CCS(=O)(=O)c1ccccc1Cl)Nc1cccc(C(F)(F)F)c1. The number of halogens is 4. The minimum atomic E-state index is -4.53. The second kappa shape index (κ2) is 7.45. The second-order valence-electron chi connectivity index (χ2n) is 5.13. The van der Waals surface area contributed by atoms with Crippen LogP contribution in [0.2, 0.25) is 5.02 Å². The molecule has 25 heavy (non-hydrogen) atoms. The van der Waals surface area contributed by atoms with E-state index in [0.29, 0.717) is 0 Å². The Balaban J connectivity index is 2.03. The number of sulfone groups is 1. The maximum Gasteiger partial charge on any atom is 0.416 e. The predicted molar refractivity (Wildman–Crippen MR) is 88.2 cm³/mol. The van der Waals surface area contributed by atoms with Crippen molar-refractivity contribution in [2.45, 2.75) is 17.5 Å². The monoisotopic (exact) mass is 391 g/mol. The lowest BCUT2D eigenvalue weighted by Gasteiger charge is -2.10. The minimum absolute atomic E-state index is 0.0424. The first-order chi connectivity index (χ1) is 11.6. The van der Waals surface area contributed by atoms with E-state index in [4.69, 9.17) is 11.6 Å². The summed E-state index contributed by atoms with van der Waals surface area (Å²) in [7, 11) is -3.78. The average Bonchev–Trinajstić information content (AvgIpc) is 2.53. The van der Waals surface area contributed by atoms with Crippen LogP contribution in [0.1, 0.15) is 12.0 Å². The van der Waals surface area contributed by atoms with Gasteiger partial charge < -0.3 is 5.32 Å². The van der Waals surface area contributed by atoms with Gasteiger partial charge in [-0.25, -0.2) is 8.42 Å². The highest BCUT2D eigenvalue weighted by Gasteiger charge is 2.30. The molecule has 0 aromatic heterocycles. The molecule has 0 fully saturated rings. The predicted octanol–water partition coefficient (Wildman–Crippen LogP) is 4.16. The molecule has 0 aliphatic heterocycles. The summed E-state index contributed by atoms with van der Waals surface area (Å²) in [6.07, 6.45) is -4.95. The Morgan fingerprint density at radius 2 is 1.76 bits per heavy atom. The molecule has 0 atom stereocenters. The highest BCUT2D eigenvalue weighted by molar-refractivity contribution is 7.91. The second-order valence-corrected chi connectivity index (χ2v) is 7.61. The van der Waals surface area contributed by atoms with Gasteiger partial charge in [0.05, 0.1) is 21.2 Å². The van der Waals surface area contributed by atoms with Crippen LogP contribution in [0.3, 0.4) is 0 Å². The summed E-state index contributed by atoms with van der Waals surface area (Å²) in [5, 5.41) is 2.30. The van der Waals surface area contributed by atoms with Gasteiger partial charge in [-0.15, -0.1) is 0 Å². The third kappa shape index (κ3) is 5.20. The first kappa shape index (κ1) is 19.3. The lowest BCUT2D eigenvalue weighted by atomic mass is 10.2. The van der Waals surface area contributed by atoms with Crippen molar-refractivity contribution in [3.05, 3.63) is 59.1 Å². The zero-order valence-corrected chi connectivity index (χ0v) is 14.3. The number of alkyl halides is 3. The highest BCUT2D eigenvalue weighted by Crippen LogP contribution is 2.30. The summed E-state index contributed by atoms with van der Waals surface area (Å²) in [5.74, 6) is -1.23. The van der Waals surface area contributed by atoms with Gasteiger partial charge in [0, 0.05) is 12.1 Å². The van der Waals surface area contributed by atoms with Gasteiger partial charge >= 0.3 is 6.18 Å². The van der Waals surface area contributed by atoms with Gasteiger partial charge in [-0.1, -0.05) is 29.8 Å². The standard InChI is InChI=1S/C16H13ClF3NO3S/c17-13-6-1-2-7-14(13)25(23,24)9-8-15(22)21-12-5-3-4-11(10-12)16(18,19)20/h1-7,10H,8-9H2,(H,21,22). The first-order valence-electron chi connectivity index (χ1n) is 7.04. The van der Waals surface area contributed by atoms with Gasteiger partial charge in [0.2, 0.25) is 5.91 Å². The van der Waals surface area contributed by atoms with Crippen LogP contribution in [-0.2, 0) is 20.8 Å². The number of rotatable bonds is 5. The van der Waals surface area contributed by atoms with E-state index < -0.39 is 39.7 Å². The van der Waals surface area contributed by atoms with E-state index in [2.05, 4.69) is 5.32 Å². The summed E-state index contributed by atoms with van der Waals surface area (Å²) in [4.78, 5) is 11.8. The van der Waals surface area contributed by atoms with E-state index in [0.717, 1.165) is 18.2 Å². The molecule has 1 N–H and O–H groups in total. The molecule has 2 rings (SSSR count). The molecule has 2 aromatic rings. The van der Waals surface area contributed by atoms with Crippen LogP contribution < -0.4 is 5.32 Å². The normalized spacial score (nSPS) is 12.0. The molecule has 0 bridgehead atoms. The quantitative estimate of drug-likeness (QED) is 0.832. The largest absolute Gasteiger partial charge is 0.416 e. The molecule has 0 unspecified atom stereocenters. The topological polar surface area (TPSA) is 63.2 Å². The Bertz CT molecular complexity index is 882. The van der Waals surface area contributed by atoms with Crippen molar-refractivity contribution in [1.82, 2.24) is 0 Å². The van der Waals surface area contributed by atoms with Crippen molar-refractivity contribution in [3.8, 4) is 0 Å². The van der Waals surface area contributed by atoms with Crippen molar-refractivity contribution in [2.24, 2.45) is 0 Å². The zero-order chi connectivity index (χ0) is 18.7. The molecule has 0 saturated heterocycles. The van der Waals surface area contributed by atoms with Crippen LogP contribution in [0.15, 0.2) is 53.4 Å². The highest BCUT2D eigenvalue weighted by atomic mass is 35.5. The van der Waals surface area contributed by atoms with Gasteiger partial charge in [0.15, 0.2) is 9.84 Å². The zero-order valence-electron chi connectivity index (χ0n) is 12.7. The number of carbonyl (C=O) groups is 1. The molecule has 0 aliphatic rings. The average molecular weight is 392 g/mol. The number of hydrogen-bond acceptors (Lipinski definition) is 3. The van der Waals surface area contributed by atoms with Crippen molar-refractivity contribution >= 4 is 33.0 Å². The molecule has 0 saturated carbocycles. The Labute approximate surface area is 147 Å². The molecule has 4 nitrogen and oxygen atoms in total. The van der Waals surface area contributed by atoms with Gasteiger partial charge in [0.25, 0.3) is 0 Å². The van der Waals surface area contributed by atoms with E-state index in [-0.39, 0.29) is 15.6 Å². The van der Waals surface area contributed by atoms with Crippen LogP contribution in [0.25, 0.3) is 0 Å². The lowest BCUT2D eigenvalue weighted by molar-refractivity contribution is -0.137. The maximum atomic E-state index is 12.6. The number of anilines is 1. The molecule has 9 heteroatoms. The van der Waals surface area contributed by atoms with Crippen LogP contribution in [0.4, 0.5) is 18.9 Å². The van der Waals surface area contributed by atoms with Gasteiger partial charge in [-0.2, -0.15) is 13.2 Å². The van der Waals surface area contributed by atoms with Crippen LogP contribution in [0.5, 0.6) is 0 Å². The van der Waals surface area contributed by atoms with E-state index >= 15 is 0 Å². The summed E-state index contributed by atoms with van der Waals surface area (Å²) < 4.78 is 62.3. The number of benzene rings is 2. The third-order valence-corrected chi connectivity index (χ3v) is 5.45. The van der Waals surface area contributed by atoms with E-state index in [1.165, 1.54) is 24.3 Å². The van der Waals surface area contributed by atoms with Crippen molar-refractivity contribution in [1.29, 1.82) is 0 Å². The molecule has 2 aromatic carbocycles. The fourth-order valence-electron chi connectivity index (χ4n) is 2.03. The van der Waals surface area contributed by atoms with Gasteiger partial charge in [-0.05, 0) is 30.3 Å². The van der Waals surface area contributed by atoms with Crippen molar-refractivity contribution in [2.75, 3.05) is 11.1 Å². The minimum Gasteiger partial charge on any atom is -0.326 e. The molecule has 134 valence electrons. The molecular weight excluding hydrogens is 379 g/mol. The van der Waals surface area contributed by atoms with E-state index in [1.807, 2.05) is 0 Å². The van der Waals surface area contributed by atoms with Crippen LogP contribution >= 0.6 is 11.6 Å². The smallest absolute Gasteiger partial charge is 0.326 e. The molecule has 0 heterocycles. The van der Waals surface area contributed by atoms with Crippen LogP contribution in [-0.4, -0.2) is 20.1 Å². The van der Waals surface area contributed by atoms with Gasteiger partial charge in [0.1, 0.15) is 0 Å². The van der Waals surface area contributed by atoms with Gasteiger partial charge in [-0.3, -0.25) is 4.79 Å². The first-order valence-corrected chi connectivity index (χ1v) is 9.07. The molecule has 0 spiro atoms. The Hall–Kier alpha value is -2.06. The number of amides is 1. The van der Waals surface area contributed by atoms with Crippen LogP contribution in [0, 0.1) is 0 Å². The molecule has 1 amide bonds. The van der Waals surface area contributed by atoms with Crippen molar-refractivity contribution in [3.63, 3.8) is 0 Å². The Morgan fingerprint density at radius 1 is 1.08 bits per heavy atom. The third-order valence-electron chi connectivity index (χ3n) is 3.24. The molecule has 0 aliphatic carbocycles. The molecule has 0 radical (unpaired) electrons. The summed E-state index contributed by atoms with van der Waals surface area (Å²) in [5.41, 5.74) is -0.969. The number of hydrogen-bond donors (Lipinski definition) is 1. The molecular formula is C16H13ClF3NO3S. The summed E-state index contributed by atoms with van der Waals surface area (Å²) in [6, 6.07) is 9.90.